The lowest BCUT2D eigenvalue weighted by Gasteiger charge is -2.17. The summed E-state index contributed by atoms with van der Waals surface area (Å²) >= 11 is 17.3. The number of hydrogen-bond donors (Lipinski definition) is 1. The van der Waals surface area contributed by atoms with Crippen LogP contribution < -0.4 is 9.47 Å². The van der Waals surface area contributed by atoms with E-state index in [4.69, 9.17) is 49.4 Å². The molecule has 0 spiro atoms. The first-order chi connectivity index (χ1) is 9.95. The summed E-state index contributed by atoms with van der Waals surface area (Å²) in [6, 6.07) is 3.58. The summed E-state index contributed by atoms with van der Waals surface area (Å²) in [5.41, 5.74) is 0.955. The second kappa shape index (κ2) is 9.42. The minimum Gasteiger partial charge on any atom is -0.492 e. The molecule has 1 aromatic rings. The highest BCUT2D eigenvalue weighted by Crippen LogP contribution is 2.37. The topological polar surface area (TPSA) is 38.7 Å². The Morgan fingerprint density at radius 3 is 2.57 bits per heavy atom. The van der Waals surface area contributed by atoms with Crippen molar-refractivity contribution in [1.82, 2.24) is 0 Å². The zero-order valence-electron chi connectivity index (χ0n) is 12.0. The van der Waals surface area contributed by atoms with Crippen LogP contribution in [0.1, 0.15) is 31.7 Å². The highest BCUT2D eigenvalue weighted by Gasteiger charge is 2.14. The second-order valence-corrected chi connectivity index (χ2v) is 6.12. The van der Waals surface area contributed by atoms with E-state index in [9.17, 15) is 0 Å². The number of hydrogen-bond acceptors (Lipinski definition) is 3. The average Bonchev–Trinajstić information content (AvgIpc) is 2.40. The number of aliphatic hydroxyl groups excluding tert-OH is 1. The highest BCUT2D eigenvalue weighted by atomic mass is 35.5. The molecule has 0 aliphatic heterocycles. The molecule has 0 saturated heterocycles. The SMILES string of the molecule is CC(C)c1cc(OCC=C(Cl)Cl)cc(Cl)c1OCCCO. The Morgan fingerprint density at radius 1 is 1.29 bits per heavy atom. The van der Waals surface area contributed by atoms with Gasteiger partial charge in [-0.15, -0.1) is 0 Å². The molecule has 118 valence electrons. The first-order valence-electron chi connectivity index (χ1n) is 6.66. The molecule has 0 amide bonds. The van der Waals surface area contributed by atoms with Gasteiger partial charge in [-0.05, 0) is 18.1 Å². The monoisotopic (exact) mass is 352 g/mol. The normalized spacial score (nSPS) is 10.6. The lowest BCUT2D eigenvalue weighted by Crippen LogP contribution is -2.04. The van der Waals surface area contributed by atoms with E-state index >= 15 is 0 Å². The van der Waals surface area contributed by atoms with Gasteiger partial charge in [0.1, 0.15) is 22.6 Å². The minimum atomic E-state index is 0.0847. The van der Waals surface area contributed by atoms with Gasteiger partial charge in [0.15, 0.2) is 0 Å². The Balaban J connectivity index is 2.92. The van der Waals surface area contributed by atoms with Crippen molar-refractivity contribution in [3.63, 3.8) is 0 Å². The van der Waals surface area contributed by atoms with E-state index < -0.39 is 0 Å². The molecule has 3 nitrogen and oxygen atoms in total. The molecular weight excluding hydrogens is 335 g/mol. The van der Waals surface area contributed by atoms with Gasteiger partial charge in [-0.1, -0.05) is 48.7 Å². The van der Waals surface area contributed by atoms with Crippen LogP contribution in [-0.2, 0) is 0 Å². The highest BCUT2D eigenvalue weighted by molar-refractivity contribution is 6.55. The van der Waals surface area contributed by atoms with Crippen molar-refractivity contribution in [2.45, 2.75) is 26.2 Å². The van der Waals surface area contributed by atoms with Gasteiger partial charge in [-0.25, -0.2) is 0 Å². The van der Waals surface area contributed by atoms with E-state index in [2.05, 4.69) is 0 Å². The Hall–Kier alpha value is -0.610. The van der Waals surface area contributed by atoms with Crippen molar-refractivity contribution >= 4 is 34.8 Å². The number of halogens is 3. The molecule has 0 heterocycles. The van der Waals surface area contributed by atoms with E-state index in [0.29, 0.717) is 29.5 Å². The molecule has 0 saturated carbocycles. The molecular formula is C15H19Cl3O3. The van der Waals surface area contributed by atoms with Crippen LogP contribution in [-0.4, -0.2) is 24.9 Å². The van der Waals surface area contributed by atoms with Crippen molar-refractivity contribution in [1.29, 1.82) is 0 Å². The summed E-state index contributed by atoms with van der Waals surface area (Å²) in [5.74, 6) is 1.49. The molecule has 6 heteroatoms. The fraction of sp³-hybridized carbons (Fsp3) is 0.467. The number of aliphatic hydroxyl groups is 1. The molecule has 21 heavy (non-hydrogen) atoms. The van der Waals surface area contributed by atoms with Gasteiger partial charge >= 0.3 is 0 Å². The zero-order valence-corrected chi connectivity index (χ0v) is 14.3. The lowest BCUT2D eigenvalue weighted by atomic mass is 10.0. The molecule has 0 aliphatic carbocycles. The van der Waals surface area contributed by atoms with Crippen molar-refractivity contribution in [2.24, 2.45) is 0 Å². The van der Waals surface area contributed by atoms with Crippen molar-refractivity contribution in [3.05, 3.63) is 33.3 Å². The summed E-state index contributed by atoms with van der Waals surface area (Å²) in [6.07, 6.45) is 2.11. The van der Waals surface area contributed by atoms with Gasteiger partial charge in [0.25, 0.3) is 0 Å². The Morgan fingerprint density at radius 2 is 2.00 bits per heavy atom. The van der Waals surface area contributed by atoms with E-state index in [0.717, 1.165) is 5.56 Å². The first kappa shape index (κ1) is 18.4. The third-order valence-corrected chi connectivity index (χ3v) is 3.29. The standard InChI is InChI=1S/C15H19Cl3O3/c1-10(2)12-8-11(20-7-4-14(17)18)9-13(16)15(12)21-6-3-5-19/h4,8-10,19H,3,5-7H2,1-2H3. The minimum absolute atomic E-state index is 0.0847. The molecule has 1 rings (SSSR count). The fourth-order valence-electron chi connectivity index (χ4n) is 1.69. The van der Waals surface area contributed by atoms with Crippen LogP contribution >= 0.6 is 34.8 Å². The second-order valence-electron chi connectivity index (χ2n) is 4.71. The van der Waals surface area contributed by atoms with Crippen molar-refractivity contribution in [3.8, 4) is 11.5 Å². The maximum Gasteiger partial charge on any atom is 0.141 e. The number of ether oxygens (including phenoxy) is 2. The fourth-order valence-corrected chi connectivity index (χ4v) is 2.09. The largest absolute Gasteiger partial charge is 0.492 e. The van der Waals surface area contributed by atoms with Gasteiger partial charge < -0.3 is 14.6 Å². The summed E-state index contributed by atoms with van der Waals surface area (Å²) in [6.45, 7) is 4.86. The van der Waals surface area contributed by atoms with Crippen molar-refractivity contribution < 1.29 is 14.6 Å². The third kappa shape index (κ3) is 6.35. The van der Waals surface area contributed by atoms with E-state index in [1.165, 1.54) is 0 Å². The van der Waals surface area contributed by atoms with Crippen LogP contribution in [0.3, 0.4) is 0 Å². The summed E-state index contributed by atoms with van der Waals surface area (Å²) in [5, 5.41) is 9.30. The van der Waals surface area contributed by atoms with E-state index in [1.54, 1.807) is 12.1 Å². The molecule has 0 aliphatic rings. The van der Waals surface area contributed by atoms with Gasteiger partial charge in [0.2, 0.25) is 0 Å². The molecule has 0 bridgehead atoms. The Kier molecular flexibility index (Phi) is 8.27. The summed E-state index contributed by atoms with van der Waals surface area (Å²) < 4.78 is 11.4. The predicted molar refractivity (Wildman–Crippen MR) is 88.0 cm³/mol. The predicted octanol–water partition coefficient (Wildman–Crippen LogP) is 4.92. The molecule has 0 unspecified atom stereocenters. The maximum atomic E-state index is 8.82. The number of benzene rings is 1. The molecule has 0 atom stereocenters. The molecule has 0 fully saturated rings. The van der Waals surface area contributed by atoms with Crippen LogP contribution in [0.15, 0.2) is 22.7 Å². The summed E-state index contributed by atoms with van der Waals surface area (Å²) in [4.78, 5) is 0. The third-order valence-electron chi connectivity index (χ3n) is 2.70. The maximum absolute atomic E-state index is 8.82. The first-order valence-corrected chi connectivity index (χ1v) is 7.80. The van der Waals surface area contributed by atoms with Crippen LogP contribution in [0.5, 0.6) is 11.5 Å². The zero-order chi connectivity index (χ0) is 15.8. The average molecular weight is 354 g/mol. The Bertz CT molecular complexity index is 483. The van der Waals surface area contributed by atoms with Gasteiger partial charge in [-0.2, -0.15) is 0 Å². The van der Waals surface area contributed by atoms with Gasteiger partial charge in [-0.3, -0.25) is 0 Å². The molecule has 1 N–H and O–H groups in total. The van der Waals surface area contributed by atoms with Crippen LogP contribution in [0.2, 0.25) is 5.02 Å². The van der Waals surface area contributed by atoms with E-state index in [-0.39, 0.29) is 23.6 Å². The number of rotatable bonds is 8. The van der Waals surface area contributed by atoms with Crippen LogP contribution in [0, 0.1) is 0 Å². The van der Waals surface area contributed by atoms with Crippen LogP contribution in [0.25, 0.3) is 0 Å². The smallest absolute Gasteiger partial charge is 0.141 e. The lowest BCUT2D eigenvalue weighted by molar-refractivity contribution is 0.232. The van der Waals surface area contributed by atoms with Crippen molar-refractivity contribution in [2.75, 3.05) is 19.8 Å². The molecule has 1 aromatic carbocycles. The van der Waals surface area contributed by atoms with Gasteiger partial charge in [0.05, 0.1) is 11.6 Å². The Labute approximate surface area is 140 Å². The van der Waals surface area contributed by atoms with Crippen LogP contribution in [0.4, 0.5) is 0 Å². The van der Waals surface area contributed by atoms with Gasteiger partial charge in [0, 0.05) is 24.7 Å². The molecule has 0 aromatic heterocycles. The summed E-state index contributed by atoms with van der Waals surface area (Å²) in [7, 11) is 0. The quantitative estimate of drug-likeness (QED) is 0.674. The van der Waals surface area contributed by atoms with E-state index in [1.807, 2.05) is 19.9 Å². The molecule has 0 radical (unpaired) electrons.